The van der Waals surface area contributed by atoms with Gasteiger partial charge in [0.15, 0.2) is 0 Å². The number of anilines is 1. The van der Waals surface area contributed by atoms with Crippen LogP contribution in [0.3, 0.4) is 0 Å². The van der Waals surface area contributed by atoms with E-state index in [0.29, 0.717) is 25.6 Å². The minimum atomic E-state index is -0.217. The maximum Gasteiger partial charge on any atom is 0.239 e. The van der Waals surface area contributed by atoms with Gasteiger partial charge in [-0.2, -0.15) is 5.26 Å². The van der Waals surface area contributed by atoms with Gasteiger partial charge in [-0.1, -0.05) is 0 Å². The Labute approximate surface area is 137 Å². The van der Waals surface area contributed by atoms with E-state index in [9.17, 15) is 4.79 Å². The van der Waals surface area contributed by atoms with E-state index in [1.807, 2.05) is 30.7 Å². The molecular formula is C16H24N6O. The maximum atomic E-state index is 12.6. The highest BCUT2D eigenvalue weighted by atomic mass is 16.2. The van der Waals surface area contributed by atoms with Crippen molar-refractivity contribution in [2.45, 2.75) is 19.9 Å². The third kappa shape index (κ3) is 4.39. The Balaban J connectivity index is 1.87. The molecule has 1 aromatic heterocycles. The zero-order valence-corrected chi connectivity index (χ0v) is 14.0. The molecule has 124 valence electrons. The Hall–Kier alpha value is -2.20. The summed E-state index contributed by atoms with van der Waals surface area (Å²) < 4.78 is 0. The molecule has 1 aliphatic rings. The lowest BCUT2D eigenvalue weighted by Crippen LogP contribution is -2.54. The lowest BCUT2D eigenvalue weighted by Gasteiger charge is -2.37. The van der Waals surface area contributed by atoms with Gasteiger partial charge in [0, 0.05) is 45.1 Å². The van der Waals surface area contributed by atoms with Crippen molar-refractivity contribution in [3.63, 3.8) is 0 Å². The maximum absolute atomic E-state index is 12.6. The first-order valence-corrected chi connectivity index (χ1v) is 7.93. The van der Waals surface area contributed by atoms with Crippen LogP contribution < -0.4 is 4.90 Å². The standard InChI is InChI=1S/C16H24N6O/c1-13(11-17)12-20(3)14(2)15(23)21-7-9-22(10-8-21)16-18-5-4-6-19-16/h4-6,13-14H,7-10,12H2,1-3H3/t13-,14-/m1/s1. The van der Waals surface area contributed by atoms with Crippen molar-refractivity contribution in [3.8, 4) is 6.07 Å². The summed E-state index contributed by atoms with van der Waals surface area (Å²) in [6.07, 6.45) is 3.46. The number of nitrogens with zero attached hydrogens (tertiary/aromatic N) is 6. The molecule has 2 atom stereocenters. The van der Waals surface area contributed by atoms with Gasteiger partial charge in [0.05, 0.1) is 18.0 Å². The zero-order chi connectivity index (χ0) is 16.8. The molecule has 1 fully saturated rings. The Morgan fingerprint density at radius 2 is 1.91 bits per heavy atom. The molecule has 0 unspecified atom stereocenters. The summed E-state index contributed by atoms with van der Waals surface area (Å²) in [5.41, 5.74) is 0. The van der Waals surface area contributed by atoms with Crippen LogP contribution in [0.1, 0.15) is 13.8 Å². The van der Waals surface area contributed by atoms with Crippen molar-refractivity contribution in [2.24, 2.45) is 5.92 Å². The first-order chi connectivity index (χ1) is 11.0. The van der Waals surface area contributed by atoms with Crippen LogP contribution in [0.4, 0.5) is 5.95 Å². The Morgan fingerprint density at radius 3 is 2.48 bits per heavy atom. The molecule has 0 N–H and O–H groups in total. The zero-order valence-electron chi connectivity index (χ0n) is 14.0. The SMILES string of the molecule is C[C@H](C#N)CN(C)[C@H](C)C(=O)N1CCN(c2ncccn2)CC1. The van der Waals surface area contributed by atoms with Crippen molar-refractivity contribution >= 4 is 11.9 Å². The molecule has 0 saturated carbocycles. The summed E-state index contributed by atoms with van der Waals surface area (Å²) >= 11 is 0. The largest absolute Gasteiger partial charge is 0.338 e. The van der Waals surface area contributed by atoms with E-state index in [0.717, 1.165) is 13.1 Å². The molecule has 1 aliphatic heterocycles. The third-order valence-corrected chi connectivity index (χ3v) is 4.23. The van der Waals surface area contributed by atoms with Crippen LogP contribution in [0.5, 0.6) is 0 Å². The van der Waals surface area contributed by atoms with Crippen molar-refractivity contribution in [1.29, 1.82) is 5.26 Å². The first kappa shape index (κ1) is 17.2. The number of hydrogen-bond acceptors (Lipinski definition) is 6. The van der Waals surface area contributed by atoms with E-state index < -0.39 is 0 Å². The van der Waals surface area contributed by atoms with Gasteiger partial charge >= 0.3 is 0 Å². The second-order valence-electron chi connectivity index (χ2n) is 6.01. The fourth-order valence-electron chi connectivity index (χ4n) is 2.67. The summed E-state index contributed by atoms with van der Waals surface area (Å²) in [5, 5.41) is 8.90. The highest BCUT2D eigenvalue weighted by Crippen LogP contribution is 2.12. The van der Waals surface area contributed by atoms with Gasteiger partial charge in [0.25, 0.3) is 0 Å². The van der Waals surface area contributed by atoms with Crippen LogP contribution in [0.25, 0.3) is 0 Å². The number of carbonyl (C=O) groups excluding carboxylic acids is 1. The van der Waals surface area contributed by atoms with E-state index in [2.05, 4.69) is 20.9 Å². The number of likely N-dealkylation sites (N-methyl/N-ethyl adjacent to an activating group) is 1. The quantitative estimate of drug-likeness (QED) is 0.792. The van der Waals surface area contributed by atoms with Crippen LogP contribution in [0, 0.1) is 17.2 Å². The summed E-state index contributed by atoms with van der Waals surface area (Å²) in [5.74, 6) is 0.751. The number of piperazine rings is 1. The molecule has 7 nitrogen and oxygen atoms in total. The van der Waals surface area contributed by atoms with Crippen LogP contribution >= 0.6 is 0 Å². The molecule has 7 heteroatoms. The molecule has 0 radical (unpaired) electrons. The number of carbonyl (C=O) groups is 1. The molecule has 0 spiro atoms. The van der Waals surface area contributed by atoms with E-state index in [4.69, 9.17) is 5.26 Å². The first-order valence-electron chi connectivity index (χ1n) is 7.93. The molecule has 1 aromatic rings. The minimum absolute atomic E-state index is 0.0812. The molecule has 2 rings (SSSR count). The van der Waals surface area contributed by atoms with Gasteiger partial charge in [0.2, 0.25) is 11.9 Å². The summed E-state index contributed by atoms with van der Waals surface area (Å²) in [6, 6.07) is 3.78. The average Bonchev–Trinajstić information content (AvgIpc) is 2.61. The normalized spacial score (nSPS) is 17.7. The number of amides is 1. The van der Waals surface area contributed by atoms with Crippen LogP contribution in [0.2, 0.25) is 0 Å². The van der Waals surface area contributed by atoms with E-state index in [-0.39, 0.29) is 17.9 Å². The number of hydrogen-bond donors (Lipinski definition) is 0. The predicted molar refractivity (Wildman–Crippen MR) is 87.7 cm³/mol. The van der Waals surface area contributed by atoms with Gasteiger partial charge in [-0.3, -0.25) is 9.69 Å². The lowest BCUT2D eigenvalue weighted by atomic mass is 10.1. The molecule has 23 heavy (non-hydrogen) atoms. The fourth-order valence-corrected chi connectivity index (χ4v) is 2.67. The van der Waals surface area contributed by atoms with Crippen molar-refractivity contribution in [1.82, 2.24) is 19.8 Å². The molecular weight excluding hydrogens is 292 g/mol. The van der Waals surface area contributed by atoms with E-state index in [1.165, 1.54) is 0 Å². The second-order valence-corrected chi connectivity index (χ2v) is 6.01. The van der Waals surface area contributed by atoms with E-state index >= 15 is 0 Å². The lowest BCUT2D eigenvalue weighted by molar-refractivity contribution is -0.136. The van der Waals surface area contributed by atoms with Crippen LogP contribution in [-0.4, -0.2) is 71.5 Å². The van der Waals surface area contributed by atoms with Gasteiger partial charge in [-0.05, 0) is 27.0 Å². The monoisotopic (exact) mass is 316 g/mol. The number of nitriles is 1. The molecule has 1 saturated heterocycles. The summed E-state index contributed by atoms with van der Waals surface area (Å²) in [6.45, 7) is 7.18. The van der Waals surface area contributed by atoms with E-state index in [1.54, 1.807) is 18.5 Å². The van der Waals surface area contributed by atoms with Crippen molar-refractivity contribution in [3.05, 3.63) is 18.5 Å². The van der Waals surface area contributed by atoms with Crippen LogP contribution in [0.15, 0.2) is 18.5 Å². The van der Waals surface area contributed by atoms with Crippen molar-refractivity contribution in [2.75, 3.05) is 44.7 Å². The number of rotatable bonds is 5. The Bertz CT molecular complexity index is 549. The second kappa shape index (κ2) is 7.88. The topological polar surface area (TPSA) is 76.4 Å². The van der Waals surface area contributed by atoms with Crippen LogP contribution in [-0.2, 0) is 4.79 Å². The van der Waals surface area contributed by atoms with Gasteiger partial charge in [-0.15, -0.1) is 0 Å². The summed E-state index contributed by atoms with van der Waals surface area (Å²) in [7, 11) is 1.89. The summed E-state index contributed by atoms with van der Waals surface area (Å²) in [4.78, 5) is 27.0. The Morgan fingerprint density at radius 1 is 1.30 bits per heavy atom. The highest BCUT2D eigenvalue weighted by molar-refractivity contribution is 5.81. The van der Waals surface area contributed by atoms with Crippen molar-refractivity contribution < 1.29 is 4.79 Å². The Kier molecular flexibility index (Phi) is 5.88. The van der Waals surface area contributed by atoms with Gasteiger partial charge < -0.3 is 9.80 Å². The van der Waals surface area contributed by atoms with Gasteiger partial charge in [0.1, 0.15) is 0 Å². The van der Waals surface area contributed by atoms with Gasteiger partial charge in [-0.25, -0.2) is 9.97 Å². The molecule has 0 aromatic carbocycles. The highest BCUT2D eigenvalue weighted by Gasteiger charge is 2.28. The number of aromatic nitrogens is 2. The predicted octanol–water partition coefficient (Wildman–Crippen LogP) is 0.605. The fraction of sp³-hybridized carbons (Fsp3) is 0.625. The third-order valence-electron chi connectivity index (χ3n) is 4.23. The molecule has 0 aliphatic carbocycles. The molecule has 1 amide bonds. The average molecular weight is 316 g/mol. The smallest absolute Gasteiger partial charge is 0.239 e. The molecule has 2 heterocycles. The molecule has 0 bridgehead atoms. The minimum Gasteiger partial charge on any atom is -0.338 e.